The zero-order valence-electron chi connectivity index (χ0n) is 8.03. The molecule has 10 heteroatoms. The molecule has 0 bridgehead atoms. The summed E-state index contributed by atoms with van der Waals surface area (Å²) in [5.41, 5.74) is -3.58. The summed E-state index contributed by atoms with van der Waals surface area (Å²) in [5, 5.41) is 31.5. The molecular formula is C7H4FN3O6. The molecule has 1 aromatic carbocycles. The number of nitrogens with zero attached hydrogens (tertiary/aromatic N) is 3. The molecule has 0 aliphatic carbocycles. The average Bonchev–Trinajstić information content (AvgIpc) is 2.26. The second-order valence-corrected chi connectivity index (χ2v) is 2.87. The normalized spacial score (nSPS) is 9.94. The molecule has 0 atom stereocenters. The summed E-state index contributed by atoms with van der Waals surface area (Å²) in [4.78, 5) is 28.2. The first kappa shape index (κ1) is 12.4. The van der Waals surface area contributed by atoms with Gasteiger partial charge in [0.05, 0.1) is 26.9 Å². The molecule has 0 fully saturated rings. The maximum absolute atomic E-state index is 12.5. The van der Waals surface area contributed by atoms with E-state index in [2.05, 4.69) is 0 Å². The molecule has 9 nitrogen and oxygen atoms in total. The van der Waals surface area contributed by atoms with Crippen LogP contribution in [0.2, 0.25) is 0 Å². The molecule has 0 radical (unpaired) electrons. The largest absolute Gasteiger partial charge is 0.289 e. The van der Waals surface area contributed by atoms with Crippen LogP contribution in [0.3, 0.4) is 0 Å². The van der Waals surface area contributed by atoms with Crippen molar-refractivity contribution in [2.24, 2.45) is 0 Å². The summed E-state index contributed by atoms with van der Waals surface area (Å²) in [5.74, 6) is 0. The van der Waals surface area contributed by atoms with Crippen LogP contribution in [-0.2, 0) is 6.67 Å². The number of halogens is 1. The van der Waals surface area contributed by atoms with E-state index in [4.69, 9.17) is 0 Å². The fourth-order valence-corrected chi connectivity index (χ4v) is 1.20. The molecule has 0 aliphatic heterocycles. The lowest BCUT2D eigenvalue weighted by molar-refractivity contribution is -0.404. The molecule has 0 aliphatic rings. The fourth-order valence-electron chi connectivity index (χ4n) is 1.20. The van der Waals surface area contributed by atoms with Crippen molar-refractivity contribution in [2.75, 3.05) is 0 Å². The number of hydrogen-bond donors (Lipinski definition) is 0. The summed E-state index contributed by atoms with van der Waals surface area (Å²) in [7, 11) is 0. The van der Waals surface area contributed by atoms with Crippen LogP contribution >= 0.6 is 0 Å². The highest BCUT2D eigenvalue weighted by atomic mass is 19.1. The van der Waals surface area contributed by atoms with E-state index in [1.165, 1.54) is 0 Å². The first-order valence-electron chi connectivity index (χ1n) is 4.04. The van der Waals surface area contributed by atoms with Gasteiger partial charge in [0.15, 0.2) is 0 Å². The highest BCUT2D eigenvalue weighted by molar-refractivity contribution is 5.60. The molecule has 0 spiro atoms. The van der Waals surface area contributed by atoms with Crippen molar-refractivity contribution in [2.45, 2.75) is 6.67 Å². The zero-order valence-corrected chi connectivity index (χ0v) is 8.03. The highest BCUT2D eigenvalue weighted by Gasteiger charge is 2.29. The topological polar surface area (TPSA) is 129 Å². The van der Waals surface area contributed by atoms with Gasteiger partial charge >= 0.3 is 0 Å². The SMILES string of the molecule is O=[N+]([O-])c1cc([N+](=O)[O-])c(CF)c([N+](=O)[O-])c1. The first-order valence-corrected chi connectivity index (χ1v) is 4.04. The predicted octanol–water partition coefficient (Wildman–Crippen LogP) is 1.88. The molecule has 90 valence electrons. The Bertz CT molecular complexity index is 481. The van der Waals surface area contributed by atoms with E-state index in [1.54, 1.807) is 0 Å². The summed E-state index contributed by atoms with van der Waals surface area (Å²) in [6.45, 7) is -1.45. The Morgan fingerprint density at radius 2 is 1.35 bits per heavy atom. The third-order valence-electron chi connectivity index (χ3n) is 1.93. The molecule has 0 N–H and O–H groups in total. The number of rotatable bonds is 4. The minimum atomic E-state index is -1.45. The standard InChI is InChI=1S/C7H4FN3O6/c8-3-5-6(10(14)15)1-4(9(12)13)2-7(5)11(16)17/h1-2H,3H2. The van der Waals surface area contributed by atoms with Gasteiger partial charge in [-0.3, -0.25) is 30.3 Å². The highest BCUT2D eigenvalue weighted by Crippen LogP contribution is 2.33. The Kier molecular flexibility index (Phi) is 3.26. The Balaban J connectivity index is 3.63. The van der Waals surface area contributed by atoms with Gasteiger partial charge in [0.25, 0.3) is 17.1 Å². The van der Waals surface area contributed by atoms with Crippen LogP contribution in [0.1, 0.15) is 5.56 Å². The number of non-ortho nitro benzene ring substituents is 1. The zero-order chi connectivity index (χ0) is 13.2. The van der Waals surface area contributed by atoms with E-state index in [1.807, 2.05) is 0 Å². The van der Waals surface area contributed by atoms with Crippen LogP contribution in [0.4, 0.5) is 21.5 Å². The fraction of sp³-hybridized carbons (Fsp3) is 0.143. The molecule has 0 amide bonds. The van der Waals surface area contributed by atoms with Crippen molar-refractivity contribution in [1.29, 1.82) is 0 Å². The molecule has 0 saturated heterocycles. The summed E-state index contributed by atoms with van der Waals surface area (Å²) in [6, 6.07) is 0.976. The maximum atomic E-state index is 12.5. The number of nitro benzene ring substituents is 3. The molecule has 1 rings (SSSR count). The first-order chi connectivity index (χ1) is 7.88. The van der Waals surface area contributed by atoms with Gasteiger partial charge in [-0.1, -0.05) is 0 Å². The molecule has 17 heavy (non-hydrogen) atoms. The Morgan fingerprint density at radius 1 is 0.941 bits per heavy atom. The van der Waals surface area contributed by atoms with Crippen LogP contribution < -0.4 is 0 Å². The van der Waals surface area contributed by atoms with Gasteiger partial charge in [0.1, 0.15) is 12.2 Å². The van der Waals surface area contributed by atoms with Gasteiger partial charge in [0.2, 0.25) is 0 Å². The summed E-state index contributed by atoms with van der Waals surface area (Å²) < 4.78 is 12.5. The molecule has 0 aromatic heterocycles. The summed E-state index contributed by atoms with van der Waals surface area (Å²) in [6.07, 6.45) is 0. The Hall–Kier alpha value is -2.65. The lowest BCUT2D eigenvalue weighted by Gasteiger charge is -2.00. The van der Waals surface area contributed by atoms with E-state index < -0.39 is 44.1 Å². The minimum Gasteiger partial charge on any atom is -0.258 e. The number of nitro groups is 3. The monoisotopic (exact) mass is 245 g/mol. The third kappa shape index (κ3) is 2.30. The van der Waals surface area contributed by atoms with E-state index in [0.717, 1.165) is 0 Å². The smallest absolute Gasteiger partial charge is 0.258 e. The van der Waals surface area contributed by atoms with Crippen molar-refractivity contribution < 1.29 is 19.2 Å². The van der Waals surface area contributed by atoms with Gasteiger partial charge in [-0.15, -0.1) is 0 Å². The molecule has 0 saturated carbocycles. The van der Waals surface area contributed by atoms with Crippen molar-refractivity contribution in [3.8, 4) is 0 Å². The number of hydrogen-bond acceptors (Lipinski definition) is 6. The molecule has 0 heterocycles. The van der Waals surface area contributed by atoms with Crippen molar-refractivity contribution >= 4 is 17.1 Å². The molecule has 0 unspecified atom stereocenters. The second-order valence-electron chi connectivity index (χ2n) is 2.87. The van der Waals surface area contributed by atoms with Crippen LogP contribution in [0.5, 0.6) is 0 Å². The van der Waals surface area contributed by atoms with Gasteiger partial charge in [0, 0.05) is 0 Å². The quantitative estimate of drug-likeness (QED) is 0.587. The van der Waals surface area contributed by atoms with Gasteiger partial charge in [-0.2, -0.15) is 0 Å². The van der Waals surface area contributed by atoms with Gasteiger partial charge in [-0.25, -0.2) is 4.39 Å². The van der Waals surface area contributed by atoms with Crippen LogP contribution in [-0.4, -0.2) is 14.8 Å². The lowest BCUT2D eigenvalue weighted by atomic mass is 10.1. The van der Waals surface area contributed by atoms with Gasteiger partial charge < -0.3 is 0 Å². The second kappa shape index (κ2) is 4.47. The van der Waals surface area contributed by atoms with E-state index in [-0.39, 0.29) is 0 Å². The predicted molar refractivity (Wildman–Crippen MR) is 51.2 cm³/mol. The minimum absolute atomic E-state index is 0.488. The average molecular weight is 245 g/mol. The number of benzene rings is 1. The lowest BCUT2D eigenvalue weighted by Crippen LogP contribution is -2.02. The molecular weight excluding hydrogens is 241 g/mol. The van der Waals surface area contributed by atoms with Gasteiger partial charge in [-0.05, 0) is 0 Å². The Morgan fingerprint density at radius 3 is 1.59 bits per heavy atom. The van der Waals surface area contributed by atoms with E-state index in [9.17, 15) is 34.7 Å². The van der Waals surface area contributed by atoms with Crippen LogP contribution in [0, 0.1) is 30.3 Å². The number of alkyl halides is 1. The molecule has 1 aromatic rings. The third-order valence-corrected chi connectivity index (χ3v) is 1.93. The van der Waals surface area contributed by atoms with E-state index >= 15 is 0 Å². The van der Waals surface area contributed by atoms with Crippen molar-refractivity contribution in [1.82, 2.24) is 0 Å². The van der Waals surface area contributed by atoms with Crippen LogP contribution in [0.25, 0.3) is 0 Å². The summed E-state index contributed by atoms with van der Waals surface area (Å²) >= 11 is 0. The Labute approximate surface area is 91.9 Å². The van der Waals surface area contributed by atoms with Crippen molar-refractivity contribution in [3.63, 3.8) is 0 Å². The van der Waals surface area contributed by atoms with E-state index in [0.29, 0.717) is 12.1 Å². The van der Waals surface area contributed by atoms with Crippen LogP contribution in [0.15, 0.2) is 12.1 Å². The maximum Gasteiger partial charge on any atom is 0.289 e. The van der Waals surface area contributed by atoms with Crippen molar-refractivity contribution in [3.05, 3.63) is 48.0 Å².